The van der Waals surface area contributed by atoms with E-state index in [0.29, 0.717) is 0 Å². The Morgan fingerprint density at radius 1 is 0.773 bits per heavy atom. The van der Waals surface area contributed by atoms with Gasteiger partial charge in [0.25, 0.3) is 0 Å². The Labute approximate surface area is 139 Å². The van der Waals surface area contributed by atoms with Gasteiger partial charge in [-0.15, -0.1) is 23.7 Å². The Hall–Kier alpha value is -2.16. The second-order valence-electron chi connectivity index (χ2n) is 4.97. The van der Waals surface area contributed by atoms with E-state index in [1.54, 1.807) is 11.3 Å². The van der Waals surface area contributed by atoms with Gasteiger partial charge in [-0.05, 0) is 28.6 Å². The van der Waals surface area contributed by atoms with Crippen molar-refractivity contribution in [3.63, 3.8) is 0 Å². The first-order valence-corrected chi connectivity index (χ1v) is 7.77. The zero-order valence-corrected chi connectivity index (χ0v) is 13.4. The number of fused-ring (bicyclic) bond motifs is 1. The zero-order valence-electron chi connectivity index (χ0n) is 11.8. The van der Waals surface area contributed by atoms with E-state index in [0.717, 1.165) is 0 Å². The van der Waals surface area contributed by atoms with Gasteiger partial charge in [0.05, 0.1) is 0 Å². The van der Waals surface area contributed by atoms with Crippen LogP contribution in [0.2, 0.25) is 0 Å². The van der Waals surface area contributed by atoms with Crippen LogP contribution >= 0.6 is 23.7 Å². The first-order chi connectivity index (χ1) is 10.4. The molecule has 0 aliphatic rings. The predicted octanol–water partition coefficient (Wildman–Crippen LogP) is 6.05. The zero-order chi connectivity index (χ0) is 14.1. The van der Waals surface area contributed by atoms with Gasteiger partial charge in [0.15, 0.2) is 0 Å². The quantitative estimate of drug-likeness (QED) is 0.437. The molecule has 3 heteroatoms. The number of hydrogen-bond donors (Lipinski definition) is 0. The summed E-state index contributed by atoms with van der Waals surface area (Å²) in [5.74, 6) is 0. The van der Waals surface area contributed by atoms with E-state index in [-0.39, 0.29) is 12.4 Å². The summed E-state index contributed by atoms with van der Waals surface area (Å²) >= 11 is 1.79. The van der Waals surface area contributed by atoms with Crippen LogP contribution in [0.3, 0.4) is 0 Å². The van der Waals surface area contributed by atoms with E-state index < -0.39 is 0 Å². The fourth-order valence-electron chi connectivity index (χ4n) is 2.58. The highest BCUT2D eigenvalue weighted by Gasteiger charge is 2.07. The number of hydrogen-bond acceptors (Lipinski definition) is 2. The number of nitrogens with zero attached hydrogens (tertiary/aromatic N) is 1. The third-order valence-electron chi connectivity index (χ3n) is 3.66. The molecule has 0 radical (unpaired) electrons. The van der Waals surface area contributed by atoms with Gasteiger partial charge in [0, 0.05) is 33.6 Å². The summed E-state index contributed by atoms with van der Waals surface area (Å²) in [7, 11) is 0. The molecule has 0 saturated carbocycles. The van der Waals surface area contributed by atoms with Crippen LogP contribution in [0.4, 0.5) is 0 Å². The van der Waals surface area contributed by atoms with Crippen LogP contribution in [0.1, 0.15) is 0 Å². The number of pyridine rings is 1. The van der Waals surface area contributed by atoms with Crippen molar-refractivity contribution in [2.24, 2.45) is 0 Å². The standard InChI is InChI=1S/C19H13NS.ClH/c1-2-5-14(6-3-1)15-8-9-17-18(13-21-19(17)11-15)16-7-4-10-20-12-16;/h1-13H;1H. The van der Waals surface area contributed by atoms with Gasteiger partial charge in [0.2, 0.25) is 0 Å². The van der Waals surface area contributed by atoms with Crippen molar-refractivity contribution in [2.75, 3.05) is 0 Å². The normalized spacial score (nSPS) is 10.4. The number of halogens is 1. The van der Waals surface area contributed by atoms with Crippen molar-refractivity contribution in [1.29, 1.82) is 0 Å². The molecule has 2 aromatic heterocycles. The monoisotopic (exact) mass is 323 g/mol. The topological polar surface area (TPSA) is 12.9 Å². The van der Waals surface area contributed by atoms with Gasteiger partial charge in [-0.1, -0.05) is 48.5 Å². The Kier molecular flexibility index (Phi) is 4.23. The summed E-state index contributed by atoms with van der Waals surface area (Å²) < 4.78 is 1.32. The molecule has 0 bridgehead atoms. The van der Waals surface area contributed by atoms with E-state index in [9.17, 15) is 0 Å². The van der Waals surface area contributed by atoms with Crippen molar-refractivity contribution in [1.82, 2.24) is 4.98 Å². The van der Waals surface area contributed by atoms with Crippen LogP contribution in [0.25, 0.3) is 32.3 Å². The third-order valence-corrected chi connectivity index (χ3v) is 4.60. The molecule has 4 rings (SSSR count). The molecule has 0 aliphatic carbocycles. The summed E-state index contributed by atoms with van der Waals surface area (Å²) in [5, 5.41) is 3.52. The lowest BCUT2D eigenvalue weighted by Crippen LogP contribution is -1.79. The molecule has 4 aromatic rings. The Morgan fingerprint density at radius 3 is 2.36 bits per heavy atom. The molecule has 0 aliphatic heterocycles. The third kappa shape index (κ3) is 2.63. The minimum Gasteiger partial charge on any atom is -0.264 e. The maximum Gasteiger partial charge on any atom is 0.0355 e. The Balaban J connectivity index is 0.00000144. The molecule has 0 spiro atoms. The molecule has 0 amide bonds. The number of thiophene rings is 1. The second kappa shape index (κ2) is 6.30. The van der Waals surface area contributed by atoms with Crippen LogP contribution in [-0.4, -0.2) is 4.98 Å². The highest BCUT2D eigenvalue weighted by Crippen LogP contribution is 2.35. The summed E-state index contributed by atoms with van der Waals surface area (Å²) in [6.07, 6.45) is 3.73. The van der Waals surface area contributed by atoms with Crippen LogP contribution in [0.15, 0.2) is 78.4 Å². The summed E-state index contributed by atoms with van der Waals surface area (Å²) in [6, 6.07) is 21.3. The molecule has 0 N–H and O–H groups in total. The molecule has 22 heavy (non-hydrogen) atoms. The van der Waals surface area contributed by atoms with E-state index in [2.05, 4.69) is 58.9 Å². The number of benzene rings is 2. The van der Waals surface area contributed by atoms with Gasteiger partial charge < -0.3 is 0 Å². The first kappa shape index (κ1) is 14.8. The molecule has 0 unspecified atom stereocenters. The maximum atomic E-state index is 4.22. The summed E-state index contributed by atoms with van der Waals surface area (Å²) in [6.45, 7) is 0. The average molecular weight is 324 g/mol. The molecule has 0 saturated heterocycles. The largest absolute Gasteiger partial charge is 0.264 e. The number of rotatable bonds is 2. The van der Waals surface area contributed by atoms with Gasteiger partial charge in [-0.3, -0.25) is 4.98 Å². The van der Waals surface area contributed by atoms with Crippen LogP contribution < -0.4 is 0 Å². The van der Waals surface area contributed by atoms with Crippen LogP contribution in [0.5, 0.6) is 0 Å². The van der Waals surface area contributed by atoms with Crippen molar-refractivity contribution in [3.8, 4) is 22.3 Å². The molecular formula is C19H14ClNS. The van der Waals surface area contributed by atoms with E-state index in [1.807, 2.05) is 24.5 Å². The summed E-state index contributed by atoms with van der Waals surface area (Å²) in [5.41, 5.74) is 4.97. The van der Waals surface area contributed by atoms with Crippen molar-refractivity contribution < 1.29 is 0 Å². The smallest absolute Gasteiger partial charge is 0.0355 e. The van der Waals surface area contributed by atoms with Gasteiger partial charge in [0.1, 0.15) is 0 Å². The van der Waals surface area contributed by atoms with E-state index >= 15 is 0 Å². The van der Waals surface area contributed by atoms with Gasteiger partial charge in [-0.2, -0.15) is 0 Å². The highest BCUT2D eigenvalue weighted by molar-refractivity contribution is 7.17. The van der Waals surface area contributed by atoms with Gasteiger partial charge >= 0.3 is 0 Å². The Bertz CT molecular complexity index is 885. The number of aromatic nitrogens is 1. The molecule has 2 aromatic carbocycles. The van der Waals surface area contributed by atoms with Crippen LogP contribution in [0, 0.1) is 0 Å². The van der Waals surface area contributed by atoms with Crippen molar-refractivity contribution >= 4 is 33.8 Å². The lowest BCUT2D eigenvalue weighted by atomic mass is 10.0. The lowest BCUT2D eigenvalue weighted by molar-refractivity contribution is 1.33. The first-order valence-electron chi connectivity index (χ1n) is 6.89. The van der Waals surface area contributed by atoms with Crippen molar-refractivity contribution in [3.05, 3.63) is 78.4 Å². The second-order valence-corrected chi connectivity index (χ2v) is 5.88. The fraction of sp³-hybridized carbons (Fsp3) is 0. The molecule has 2 heterocycles. The molecule has 1 nitrogen and oxygen atoms in total. The maximum absolute atomic E-state index is 4.22. The minimum atomic E-state index is 0. The molecule has 108 valence electrons. The fourth-order valence-corrected chi connectivity index (χ4v) is 3.59. The van der Waals surface area contributed by atoms with Crippen LogP contribution in [-0.2, 0) is 0 Å². The van der Waals surface area contributed by atoms with Crippen molar-refractivity contribution in [2.45, 2.75) is 0 Å². The van der Waals surface area contributed by atoms with E-state index in [1.165, 1.54) is 32.3 Å². The minimum absolute atomic E-state index is 0. The lowest BCUT2D eigenvalue weighted by Gasteiger charge is -2.03. The SMILES string of the molecule is Cl.c1ccc(-c2ccc3c(-c4cccnc4)csc3c2)cc1. The molecule has 0 fully saturated rings. The average Bonchev–Trinajstić information content (AvgIpc) is 2.99. The molecule has 0 atom stereocenters. The van der Waals surface area contributed by atoms with E-state index in [4.69, 9.17) is 0 Å². The Morgan fingerprint density at radius 2 is 1.59 bits per heavy atom. The highest BCUT2D eigenvalue weighted by atomic mass is 35.5. The predicted molar refractivity (Wildman–Crippen MR) is 97.7 cm³/mol. The van der Waals surface area contributed by atoms with Gasteiger partial charge in [-0.25, -0.2) is 0 Å². The summed E-state index contributed by atoms with van der Waals surface area (Å²) in [4.78, 5) is 4.22. The molecular weight excluding hydrogens is 310 g/mol.